The van der Waals surface area contributed by atoms with Crippen molar-refractivity contribution in [2.75, 3.05) is 0 Å². The minimum Gasteiger partial charge on any atom is -0.392 e. The zero-order chi connectivity index (χ0) is 15.4. The second-order valence-electron chi connectivity index (χ2n) is 6.97. The Morgan fingerprint density at radius 2 is 1.35 bits per heavy atom. The molecular weight excluding hydrogens is 280 g/mol. The Balaban J connectivity index is 1.87. The minimum absolute atomic E-state index is 0.192. The number of hydrogen-bond acceptors (Lipinski definition) is 1. The fourth-order valence-electron chi connectivity index (χ4n) is 4.56. The van der Waals surface area contributed by atoms with Gasteiger partial charge < -0.3 is 5.11 Å². The average Bonchev–Trinajstić information content (AvgIpc) is 2.60. The predicted molar refractivity (Wildman–Crippen MR) is 97.4 cm³/mol. The van der Waals surface area contributed by atoms with Crippen molar-refractivity contribution in [3.05, 3.63) is 60.2 Å². The van der Waals surface area contributed by atoms with Crippen molar-refractivity contribution in [2.24, 2.45) is 0 Å². The molecule has 23 heavy (non-hydrogen) atoms. The first-order chi connectivity index (χ1) is 11.3. The van der Waals surface area contributed by atoms with Gasteiger partial charge in [-0.15, -0.1) is 0 Å². The molecule has 0 amide bonds. The van der Waals surface area contributed by atoms with Crippen LogP contribution in [0, 0.1) is 0 Å². The number of hydrogen-bond donors (Lipinski definition) is 1. The monoisotopic (exact) mass is 300 g/mol. The lowest BCUT2D eigenvalue weighted by Crippen LogP contribution is -2.22. The Labute approximate surface area is 135 Å². The standard InChI is InChI=1S/C22H20O/c23-20-7-2-1-6-18(20)17-12-10-16-9-8-14-4-3-5-15-11-13-19(17)22(16)21(14)15/h3-5,8-13,18,20,23H,1-2,6-7H2/t18-,20+/m1/s1. The zero-order valence-electron chi connectivity index (χ0n) is 13.1. The van der Waals surface area contributed by atoms with Gasteiger partial charge in [-0.2, -0.15) is 0 Å². The fourth-order valence-corrected chi connectivity index (χ4v) is 4.56. The van der Waals surface area contributed by atoms with Gasteiger partial charge in [0, 0.05) is 5.92 Å². The van der Waals surface area contributed by atoms with Crippen molar-refractivity contribution < 1.29 is 5.11 Å². The summed E-state index contributed by atoms with van der Waals surface area (Å²) in [6.45, 7) is 0. The maximum atomic E-state index is 10.5. The molecule has 0 aromatic heterocycles. The third kappa shape index (κ3) is 1.90. The van der Waals surface area contributed by atoms with Crippen LogP contribution >= 0.6 is 0 Å². The summed E-state index contributed by atoms with van der Waals surface area (Å²) in [5.41, 5.74) is 1.34. The van der Waals surface area contributed by atoms with Gasteiger partial charge in [0.15, 0.2) is 0 Å². The first kappa shape index (κ1) is 13.3. The van der Waals surface area contributed by atoms with Gasteiger partial charge in [0.2, 0.25) is 0 Å². The molecule has 5 rings (SSSR count). The van der Waals surface area contributed by atoms with Crippen LogP contribution in [0.2, 0.25) is 0 Å². The Hall–Kier alpha value is -2.12. The van der Waals surface area contributed by atoms with Crippen LogP contribution in [-0.4, -0.2) is 11.2 Å². The molecule has 1 fully saturated rings. The van der Waals surface area contributed by atoms with E-state index in [4.69, 9.17) is 0 Å². The molecule has 0 unspecified atom stereocenters. The SMILES string of the molecule is O[C@H]1CCCC[C@@H]1c1ccc2ccc3cccc4ccc1c2c34. The largest absolute Gasteiger partial charge is 0.392 e. The highest BCUT2D eigenvalue weighted by Gasteiger charge is 2.26. The lowest BCUT2D eigenvalue weighted by Gasteiger charge is -2.29. The summed E-state index contributed by atoms with van der Waals surface area (Å²) in [5.74, 6) is 0.285. The van der Waals surface area contributed by atoms with E-state index in [9.17, 15) is 5.11 Å². The van der Waals surface area contributed by atoms with E-state index in [2.05, 4.69) is 54.6 Å². The van der Waals surface area contributed by atoms with Gasteiger partial charge in [-0.05, 0) is 50.7 Å². The minimum atomic E-state index is -0.192. The second-order valence-corrected chi connectivity index (χ2v) is 6.97. The normalized spacial score (nSPS) is 22.3. The van der Waals surface area contributed by atoms with E-state index in [-0.39, 0.29) is 12.0 Å². The Bertz CT molecular complexity index is 985. The third-order valence-corrected chi connectivity index (χ3v) is 5.69. The molecular formula is C22H20O. The van der Waals surface area contributed by atoms with E-state index in [1.807, 2.05) is 0 Å². The smallest absolute Gasteiger partial charge is 0.0608 e. The van der Waals surface area contributed by atoms with Crippen molar-refractivity contribution >= 4 is 32.3 Å². The van der Waals surface area contributed by atoms with Gasteiger partial charge in [0.1, 0.15) is 0 Å². The van der Waals surface area contributed by atoms with E-state index < -0.39 is 0 Å². The molecule has 1 N–H and O–H groups in total. The van der Waals surface area contributed by atoms with Crippen molar-refractivity contribution in [1.29, 1.82) is 0 Å². The molecule has 4 aromatic carbocycles. The first-order valence-corrected chi connectivity index (χ1v) is 8.67. The Morgan fingerprint density at radius 3 is 2.13 bits per heavy atom. The summed E-state index contributed by atoms with van der Waals surface area (Å²) < 4.78 is 0. The van der Waals surface area contributed by atoms with Gasteiger partial charge in [-0.25, -0.2) is 0 Å². The van der Waals surface area contributed by atoms with Crippen LogP contribution in [0.25, 0.3) is 32.3 Å². The second kappa shape index (κ2) is 4.94. The van der Waals surface area contributed by atoms with E-state index in [1.165, 1.54) is 44.3 Å². The van der Waals surface area contributed by atoms with Gasteiger partial charge in [-0.1, -0.05) is 67.4 Å². The van der Waals surface area contributed by atoms with Crippen LogP contribution in [0.5, 0.6) is 0 Å². The van der Waals surface area contributed by atoms with Crippen LogP contribution in [0.1, 0.15) is 37.2 Å². The molecule has 1 saturated carbocycles. The fraction of sp³-hybridized carbons (Fsp3) is 0.273. The summed E-state index contributed by atoms with van der Waals surface area (Å²) in [5, 5.41) is 18.5. The number of aliphatic hydroxyl groups excluding tert-OH is 1. The average molecular weight is 300 g/mol. The third-order valence-electron chi connectivity index (χ3n) is 5.69. The summed E-state index contributed by atoms with van der Waals surface area (Å²) >= 11 is 0. The molecule has 1 aliphatic rings. The molecule has 1 heteroatoms. The molecule has 4 aromatic rings. The highest BCUT2D eigenvalue weighted by atomic mass is 16.3. The number of benzene rings is 4. The van der Waals surface area contributed by atoms with Crippen LogP contribution in [0.4, 0.5) is 0 Å². The van der Waals surface area contributed by atoms with Gasteiger partial charge in [-0.3, -0.25) is 0 Å². The van der Waals surface area contributed by atoms with Gasteiger partial charge >= 0.3 is 0 Å². The zero-order valence-corrected chi connectivity index (χ0v) is 13.1. The molecule has 2 atom stereocenters. The van der Waals surface area contributed by atoms with Gasteiger partial charge in [0.05, 0.1) is 6.10 Å². The molecule has 0 heterocycles. The summed E-state index contributed by atoms with van der Waals surface area (Å²) in [6.07, 6.45) is 4.23. The highest BCUT2D eigenvalue weighted by Crippen LogP contribution is 2.41. The summed E-state index contributed by atoms with van der Waals surface area (Å²) in [6, 6.07) is 20.0. The molecule has 1 aliphatic carbocycles. The Kier molecular flexibility index (Phi) is 2.86. The molecule has 1 nitrogen and oxygen atoms in total. The quantitative estimate of drug-likeness (QED) is 0.453. The highest BCUT2D eigenvalue weighted by molar-refractivity contribution is 6.23. The molecule has 0 radical (unpaired) electrons. The van der Waals surface area contributed by atoms with Crippen LogP contribution in [-0.2, 0) is 0 Å². The molecule has 114 valence electrons. The summed E-state index contributed by atoms with van der Waals surface area (Å²) in [4.78, 5) is 0. The van der Waals surface area contributed by atoms with E-state index in [0.717, 1.165) is 19.3 Å². The lowest BCUT2D eigenvalue weighted by molar-refractivity contribution is 0.107. The molecule has 0 saturated heterocycles. The number of rotatable bonds is 1. The number of aliphatic hydroxyl groups is 1. The van der Waals surface area contributed by atoms with Crippen LogP contribution in [0.15, 0.2) is 54.6 Å². The van der Waals surface area contributed by atoms with E-state index >= 15 is 0 Å². The molecule has 0 bridgehead atoms. The Morgan fingerprint density at radius 1 is 0.696 bits per heavy atom. The van der Waals surface area contributed by atoms with Crippen LogP contribution in [0.3, 0.4) is 0 Å². The maximum absolute atomic E-state index is 10.5. The lowest BCUT2D eigenvalue weighted by atomic mass is 9.79. The topological polar surface area (TPSA) is 20.2 Å². The van der Waals surface area contributed by atoms with Gasteiger partial charge in [0.25, 0.3) is 0 Å². The van der Waals surface area contributed by atoms with Crippen molar-refractivity contribution in [2.45, 2.75) is 37.7 Å². The summed E-state index contributed by atoms with van der Waals surface area (Å²) in [7, 11) is 0. The molecule has 0 aliphatic heterocycles. The molecule has 0 spiro atoms. The first-order valence-electron chi connectivity index (χ1n) is 8.67. The van der Waals surface area contributed by atoms with E-state index in [0.29, 0.717) is 0 Å². The van der Waals surface area contributed by atoms with E-state index in [1.54, 1.807) is 0 Å². The van der Waals surface area contributed by atoms with Crippen molar-refractivity contribution in [3.63, 3.8) is 0 Å². The maximum Gasteiger partial charge on any atom is 0.0608 e. The predicted octanol–water partition coefficient (Wildman–Crippen LogP) is 5.60. The van der Waals surface area contributed by atoms with Crippen molar-refractivity contribution in [3.8, 4) is 0 Å². The van der Waals surface area contributed by atoms with Crippen molar-refractivity contribution in [1.82, 2.24) is 0 Å². The van der Waals surface area contributed by atoms with Crippen LogP contribution < -0.4 is 0 Å².